The predicted molar refractivity (Wildman–Crippen MR) is 93.4 cm³/mol. The highest BCUT2D eigenvalue weighted by molar-refractivity contribution is 5.88. The molecule has 0 radical (unpaired) electrons. The lowest BCUT2D eigenvalue weighted by molar-refractivity contribution is 0.210. The Morgan fingerprint density at radius 1 is 1.12 bits per heavy atom. The van der Waals surface area contributed by atoms with Crippen molar-refractivity contribution in [2.75, 3.05) is 31.5 Å². The van der Waals surface area contributed by atoms with Crippen molar-refractivity contribution < 1.29 is 4.79 Å². The zero-order valence-corrected chi connectivity index (χ0v) is 13.8. The number of amides is 2. The molecule has 126 valence electrons. The summed E-state index contributed by atoms with van der Waals surface area (Å²) in [7, 11) is 0. The fourth-order valence-electron chi connectivity index (χ4n) is 3.70. The third kappa shape index (κ3) is 3.01. The zero-order valence-electron chi connectivity index (χ0n) is 13.8. The Kier molecular flexibility index (Phi) is 4.21. The molecule has 1 atom stereocenters. The molecule has 0 spiro atoms. The molecule has 2 saturated heterocycles. The number of likely N-dealkylation sites (tertiary alicyclic amines) is 2. The lowest BCUT2D eigenvalue weighted by Crippen LogP contribution is -2.39. The van der Waals surface area contributed by atoms with E-state index < -0.39 is 0 Å². The highest BCUT2D eigenvalue weighted by Crippen LogP contribution is 2.21. The van der Waals surface area contributed by atoms with Gasteiger partial charge in [0.1, 0.15) is 0 Å². The van der Waals surface area contributed by atoms with Crippen LogP contribution in [-0.4, -0.2) is 57.6 Å². The van der Waals surface area contributed by atoms with E-state index in [-0.39, 0.29) is 6.03 Å². The first-order chi connectivity index (χ1) is 11.8. The van der Waals surface area contributed by atoms with Crippen LogP contribution in [0.15, 0.2) is 42.7 Å². The van der Waals surface area contributed by atoms with E-state index in [0.29, 0.717) is 12.0 Å². The van der Waals surface area contributed by atoms with Crippen LogP contribution in [0.1, 0.15) is 19.3 Å². The smallest absolute Gasteiger partial charge is 0.323 e. The number of aromatic nitrogens is 2. The molecule has 3 heterocycles. The first-order valence-corrected chi connectivity index (χ1v) is 8.70. The highest BCUT2D eigenvalue weighted by Gasteiger charge is 2.31. The summed E-state index contributed by atoms with van der Waals surface area (Å²) >= 11 is 0. The van der Waals surface area contributed by atoms with Gasteiger partial charge in [0.2, 0.25) is 5.95 Å². The molecule has 2 aromatic rings. The second-order valence-electron chi connectivity index (χ2n) is 6.52. The summed E-state index contributed by atoms with van der Waals surface area (Å²) in [6.45, 7) is 3.99. The van der Waals surface area contributed by atoms with Gasteiger partial charge in [0, 0.05) is 37.2 Å². The maximum Gasteiger partial charge on any atom is 0.324 e. The van der Waals surface area contributed by atoms with Gasteiger partial charge in [-0.25, -0.2) is 9.78 Å². The monoisotopic (exact) mass is 325 g/mol. The van der Waals surface area contributed by atoms with Crippen molar-refractivity contribution in [2.45, 2.75) is 25.3 Å². The number of benzene rings is 1. The molecule has 1 unspecified atom stereocenters. The van der Waals surface area contributed by atoms with E-state index in [9.17, 15) is 4.79 Å². The number of hydrogen-bond donors (Lipinski definition) is 1. The summed E-state index contributed by atoms with van der Waals surface area (Å²) in [6, 6.07) is 10.4. The number of nitrogens with one attached hydrogen (secondary N) is 1. The number of carbonyl (C=O) groups excluding carboxylic acids is 1. The molecule has 0 bridgehead atoms. The Labute approximate surface area is 142 Å². The normalized spacial score (nSPS) is 21.3. The van der Waals surface area contributed by atoms with Gasteiger partial charge < -0.3 is 4.90 Å². The Morgan fingerprint density at radius 2 is 1.92 bits per heavy atom. The van der Waals surface area contributed by atoms with E-state index in [1.165, 1.54) is 25.9 Å². The molecule has 1 aromatic heterocycles. The summed E-state index contributed by atoms with van der Waals surface area (Å²) in [5, 5.41) is 2.96. The Balaban J connectivity index is 1.41. The number of nitrogens with zero attached hydrogens (tertiary/aromatic N) is 4. The molecule has 2 aliphatic heterocycles. The van der Waals surface area contributed by atoms with Crippen LogP contribution in [-0.2, 0) is 0 Å². The van der Waals surface area contributed by atoms with E-state index >= 15 is 0 Å². The molecule has 4 rings (SSSR count). The number of carbonyl (C=O) groups is 1. The van der Waals surface area contributed by atoms with E-state index in [1.54, 1.807) is 6.20 Å². The molecule has 6 nitrogen and oxygen atoms in total. The molecule has 24 heavy (non-hydrogen) atoms. The zero-order chi connectivity index (χ0) is 16.4. The summed E-state index contributed by atoms with van der Waals surface area (Å²) in [5.41, 5.74) is 0.988. The van der Waals surface area contributed by atoms with E-state index in [2.05, 4.69) is 15.2 Å². The number of para-hydroxylation sites is 1. The highest BCUT2D eigenvalue weighted by atomic mass is 16.2. The van der Waals surface area contributed by atoms with Crippen LogP contribution < -0.4 is 5.32 Å². The maximum atomic E-state index is 12.6. The van der Waals surface area contributed by atoms with Crippen LogP contribution in [0.5, 0.6) is 0 Å². The topological polar surface area (TPSA) is 53.4 Å². The first-order valence-electron chi connectivity index (χ1n) is 8.70. The molecule has 1 N–H and O–H groups in total. The first kappa shape index (κ1) is 15.2. The average Bonchev–Trinajstić information content (AvgIpc) is 3.36. The number of hydrogen-bond acceptors (Lipinski definition) is 3. The second-order valence-corrected chi connectivity index (χ2v) is 6.52. The molecule has 0 aliphatic carbocycles. The van der Waals surface area contributed by atoms with Crippen molar-refractivity contribution in [2.24, 2.45) is 0 Å². The molecular weight excluding hydrogens is 302 g/mol. The third-order valence-corrected chi connectivity index (χ3v) is 5.00. The van der Waals surface area contributed by atoms with Gasteiger partial charge in [-0.3, -0.25) is 14.8 Å². The lowest BCUT2D eigenvalue weighted by Gasteiger charge is -2.23. The minimum Gasteiger partial charge on any atom is -0.323 e. The van der Waals surface area contributed by atoms with Crippen LogP contribution >= 0.6 is 0 Å². The van der Waals surface area contributed by atoms with E-state index in [4.69, 9.17) is 0 Å². The van der Waals surface area contributed by atoms with Crippen molar-refractivity contribution in [3.63, 3.8) is 0 Å². The molecule has 2 amide bonds. The quantitative estimate of drug-likeness (QED) is 0.944. The third-order valence-electron chi connectivity index (χ3n) is 5.00. The average molecular weight is 325 g/mol. The number of rotatable bonds is 3. The van der Waals surface area contributed by atoms with Gasteiger partial charge in [0.15, 0.2) is 0 Å². The van der Waals surface area contributed by atoms with E-state index in [1.807, 2.05) is 46.0 Å². The molecule has 2 aliphatic rings. The van der Waals surface area contributed by atoms with Gasteiger partial charge in [-0.05, 0) is 44.5 Å². The van der Waals surface area contributed by atoms with Gasteiger partial charge in [-0.15, -0.1) is 0 Å². The van der Waals surface area contributed by atoms with Crippen molar-refractivity contribution in [1.29, 1.82) is 0 Å². The molecule has 1 aromatic carbocycles. The summed E-state index contributed by atoms with van der Waals surface area (Å²) in [4.78, 5) is 21.3. The van der Waals surface area contributed by atoms with Crippen LogP contribution in [0.3, 0.4) is 0 Å². The molecule has 0 saturated carbocycles. The Bertz CT molecular complexity index is 692. The van der Waals surface area contributed by atoms with Crippen LogP contribution in [0.25, 0.3) is 5.69 Å². The second kappa shape index (κ2) is 6.65. The standard InChI is InChI=1S/C18H23N5O/c24-18(22-12-8-16(14-22)21-10-4-5-11-21)20-17-19-9-13-23(17)15-6-2-1-3-7-15/h1-3,6-7,9,13,16H,4-5,8,10-12,14H2,(H,19,20,24). The fourth-order valence-corrected chi connectivity index (χ4v) is 3.70. The number of imidazole rings is 1. The number of urea groups is 1. The van der Waals surface area contributed by atoms with Crippen molar-refractivity contribution >= 4 is 12.0 Å². The molecule has 2 fully saturated rings. The van der Waals surface area contributed by atoms with Crippen molar-refractivity contribution in [3.05, 3.63) is 42.7 Å². The van der Waals surface area contributed by atoms with Gasteiger partial charge in [0.05, 0.1) is 0 Å². The largest absolute Gasteiger partial charge is 0.324 e. The van der Waals surface area contributed by atoms with Crippen molar-refractivity contribution in [3.8, 4) is 5.69 Å². The minimum atomic E-state index is -0.0555. The van der Waals surface area contributed by atoms with Gasteiger partial charge in [-0.1, -0.05) is 18.2 Å². The Hall–Kier alpha value is -2.34. The summed E-state index contributed by atoms with van der Waals surface area (Å²) < 4.78 is 1.89. The van der Waals surface area contributed by atoms with E-state index in [0.717, 1.165) is 25.2 Å². The Morgan fingerprint density at radius 3 is 2.71 bits per heavy atom. The predicted octanol–water partition coefficient (Wildman–Crippen LogP) is 2.57. The maximum absolute atomic E-state index is 12.6. The summed E-state index contributed by atoms with van der Waals surface area (Å²) in [5.74, 6) is 0.566. The van der Waals surface area contributed by atoms with Crippen LogP contribution in [0.4, 0.5) is 10.7 Å². The van der Waals surface area contributed by atoms with Gasteiger partial charge >= 0.3 is 6.03 Å². The summed E-state index contributed by atoms with van der Waals surface area (Å²) in [6.07, 6.45) is 7.22. The van der Waals surface area contributed by atoms with Crippen LogP contribution in [0.2, 0.25) is 0 Å². The lowest BCUT2D eigenvalue weighted by atomic mass is 10.2. The van der Waals surface area contributed by atoms with Gasteiger partial charge in [-0.2, -0.15) is 0 Å². The fraction of sp³-hybridized carbons (Fsp3) is 0.444. The molecule has 6 heteroatoms. The minimum absolute atomic E-state index is 0.0555. The number of anilines is 1. The van der Waals surface area contributed by atoms with Crippen LogP contribution in [0, 0.1) is 0 Å². The molecular formula is C18H23N5O. The van der Waals surface area contributed by atoms with Gasteiger partial charge in [0.25, 0.3) is 0 Å². The SMILES string of the molecule is O=C(Nc1nccn1-c1ccccc1)N1CCC(N2CCCC2)C1. The van der Waals surface area contributed by atoms with Crippen molar-refractivity contribution in [1.82, 2.24) is 19.4 Å².